The molecular formula is C19H27N3OS. The minimum absolute atomic E-state index is 0.216. The Hall–Kier alpha value is -1.36. The molecule has 1 aliphatic carbocycles. The second-order valence-electron chi connectivity index (χ2n) is 7.16. The highest BCUT2D eigenvalue weighted by atomic mass is 32.1. The van der Waals surface area contributed by atoms with Gasteiger partial charge in [-0.1, -0.05) is 13.3 Å². The summed E-state index contributed by atoms with van der Waals surface area (Å²) in [6.45, 7) is 5.06. The molecule has 1 aliphatic heterocycles. The standard InChI is InChI=1S/C19H27N3OS/c1-2-3-13-22-18(23)16-14-9-5-6-10-15(14)24-17(16)20-19(22)21-11-7-4-8-12-21/h2-13H2,1H3. The molecule has 5 heteroatoms. The SMILES string of the molecule is CCCCn1c(N2CCCCC2)nc2sc3c(c2c1=O)CCCC3. The van der Waals surface area contributed by atoms with Crippen LogP contribution in [0.3, 0.4) is 0 Å². The largest absolute Gasteiger partial charge is 0.342 e. The second kappa shape index (κ2) is 6.87. The zero-order chi connectivity index (χ0) is 16.5. The summed E-state index contributed by atoms with van der Waals surface area (Å²) >= 11 is 1.77. The third-order valence-corrected chi connectivity index (χ3v) is 6.61. The lowest BCUT2D eigenvalue weighted by molar-refractivity contribution is 0.536. The maximum atomic E-state index is 13.3. The molecule has 3 heterocycles. The molecule has 0 aromatic carbocycles. The zero-order valence-electron chi connectivity index (χ0n) is 14.6. The Kier molecular flexibility index (Phi) is 4.61. The molecule has 2 aromatic rings. The normalized spacial score (nSPS) is 18.1. The number of hydrogen-bond acceptors (Lipinski definition) is 4. The van der Waals surface area contributed by atoms with Crippen molar-refractivity contribution in [3.8, 4) is 0 Å². The number of unbranched alkanes of at least 4 members (excludes halogenated alkanes) is 1. The lowest BCUT2D eigenvalue weighted by Crippen LogP contribution is -2.36. The highest BCUT2D eigenvalue weighted by molar-refractivity contribution is 7.18. The van der Waals surface area contributed by atoms with E-state index >= 15 is 0 Å². The molecule has 0 unspecified atom stereocenters. The van der Waals surface area contributed by atoms with Crippen LogP contribution < -0.4 is 10.5 Å². The maximum absolute atomic E-state index is 13.3. The van der Waals surface area contributed by atoms with Crippen LogP contribution in [0.1, 0.15) is 62.3 Å². The molecule has 0 N–H and O–H groups in total. The predicted octanol–water partition coefficient (Wildman–Crippen LogP) is 4.13. The van der Waals surface area contributed by atoms with Gasteiger partial charge in [0.05, 0.1) is 5.39 Å². The molecule has 1 saturated heterocycles. The van der Waals surface area contributed by atoms with E-state index in [-0.39, 0.29) is 5.56 Å². The molecular weight excluding hydrogens is 318 g/mol. The van der Waals surface area contributed by atoms with Crippen molar-refractivity contribution in [3.05, 3.63) is 20.8 Å². The van der Waals surface area contributed by atoms with Gasteiger partial charge in [0.1, 0.15) is 4.83 Å². The van der Waals surface area contributed by atoms with Crippen molar-refractivity contribution >= 4 is 27.5 Å². The van der Waals surface area contributed by atoms with Gasteiger partial charge in [0.25, 0.3) is 5.56 Å². The molecule has 130 valence electrons. The van der Waals surface area contributed by atoms with Crippen LogP contribution in [0.25, 0.3) is 10.2 Å². The third-order valence-electron chi connectivity index (χ3n) is 5.43. The van der Waals surface area contributed by atoms with Gasteiger partial charge in [0.15, 0.2) is 0 Å². The molecule has 2 aromatic heterocycles. The van der Waals surface area contributed by atoms with Crippen LogP contribution in [0, 0.1) is 0 Å². The Morgan fingerprint density at radius 3 is 2.67 bits per heavy atom. The molecule has 4 rings (SSSR count). The van der Waals surface area contributed by atoms with Gasteiger partial charge in [-0.15, -0.1) is 11.3 Å². The Bertz CT molecular complexity index is 786. The van der Waals surface area contributed by atoms with Crippen molar-refractivity contribution in [1.82, 2.24) is 9.55 Å². The Labute approximate surface area is 147 Å². The smallest absolute Gasteiger partial charge is 0.263 e. The molecule has 0 amide bonds. The lowest BCUT2D eigenvalue weighted by Gasteiger charge is -2.29. The van der Waals surface area contributed by atoms with Gasteiger partial charge in [-0.05, 0) is 56.9 Å². The van der Waals surface area contributed by atoms with Gasteiger partial charge in [-0.2, -0.15) is 0 Å². The fourth-order valence-corrected chi connectivity index (χ4v) is 5.33. The molecule has 0 spiro atoms. The van der Waals surface area contributed by atoms with E-state index in [1.807, 2.05) is 4.57 Å². The number of anilines is 1. The number of hydrogen-bond donors (Lipinski definition) is 0. The Morgan fingerprint density at radius 1 is 1.08 bits per heavy atom. The third kappa shape index (κ3) is 2.77. The fourth-order valence-electron chi connectivity index (χ4n) is 4.08. The van der Waals surface area contributed by atoms with Gasteiger partial charge in [0.2, 0.25) is 5.95 Å². The second-order valence-corrected chi connectivity index (χ2v) is 8.24. The van der Waals surface area contributed by atoms with E-state index in [1.165, 1.54) is 42.5 Å². The first-order valence-corrected chi connectivity index (χ1v) is 10.4. The van der Waals surface area contributed by atoms with E-state index in [1.54, 1.807) is 11.3 Å². The van der Waals surface area contributed by atoms with Crippen molar-refractivity contribution in [2.75, 3.05) is 18.0 Å². The van der Waals surface area contributed by atoms with Crippen LogP contribution in [-0.2, 0) is 19.4 Å². The molecule has 1 fully saturated rings. The summed E-state index contributed by atoms with van der Waals surface area (Å²) in [4.78, 5) is 23.1. The monoisotopic (exact) mass is 345 g/mol. The summed E-state index contributed by atoms with van der Waals surface area (Å²) in [5.74, 6) is 0.930. The van der Waals surface area contributed by atoms with Crippen LogP contribution in [0.15, 0.2) is 4.79 Å². The van der Waals surface area contributed by atoms with Gasteiger partial charge in [-0.3, -0.25) is 9.36 Å². The summed E-state index contributed by atoms with van der Waals surface area (Å²) in [5, 5.41) is 0.937. The van der Waals surface area contributed by atoms with Crippen molar-refractivity contribution in [2.45, 2.75) is 71.3 Å². The number of aromatic nitrogens is 2. The van der Waals surface area contributed by atoms with E-state index in [0.29, 0.717) is 0 Å². The molecule has 0 radical (unpaired) electrons. The highest BCUT2D eigenvalue weighted by Crippen LogP contribution is 2.35. The quantitative estimate of drug-likeness (QED) is 0.836. The average molecular weight is 346 g/mol. The van der Waals surface area contributed by atoms with E-state index in [9.17, 15) is 4.79 Å². The summed E-state index contributed by atoms with van der Waals surface area (Å²) in [7, 11) is 0. The number of nitrogens with zero attached hydrogens (tertiary/aromatic N) is 3. The van der Waals surface area contributed by atoms with Crippen molar-refractivity contribution in [1.29, 1.82) is 0 Å². The lowest BCUT2D eigenvalue weighted by atomic mass is 9.97. The minimum Gasteiger partial charge on any atom is -0.342 e. The fraction of sp³-hybridized carbons (Fsp3) is 0.684. The summed E-state index contributed by atoms with van der Waals surface area (Å²) < 4.78 is 1.98. The zero-order valence-corrected chi connectivity index (χ0v) is 15.5. The maximum Gasteiger partial charge on any atom is 0.263 e. The molecule has 0 saturated carbocycles. The van der Waals surface area contributed by atoms with Crippen LogP contribution >= 0.6 is 11.3 Å². The van der Waals surface area contributed by atoms with Gasteiger partial charge >= 0.3 is 0 Å². The van der Waals surface area contributed by atoms with Crippen molar-refractivity contribution < 1.29 is 0 Å². The van der Waals surface area contributed by atoms with Crippen LogP contribution in [-0.4, -0.2) is 22.6 Å². The van der Waals surface area contributed by atoms with Crippen molar-refractivity contribution in [3.63, 3.8) is 0 Å². The molecule has 0 bridgehead atoms. The van der Waals surface area contributed by atoms with Crippen LogP contribution in [0.4, 0.5) is 5.95 Å². The van der Waals surface area contributed by atoms with Crippen LogP contribution in [0.2, 0.25) is 0 Å². The van der Waals surface area contributed by atoms with Gasteiger partial charge in [0, 0.05) is 24.5 Å². The molecule has 4 nitrogen and oxygen atoms in total. The van der Waals surface area contributed by atoms with Crippen molar-refractivity contribution in [2.24, 2.45) is 0 Å². The predicted molar refractivity (Wildman–Crippen MR) is 101 cm³/mol. The van der Waals surface area contributed by atoms with E-state index in [2.05, 4.69) is 11.8 Å². The van der Waals surface area contributed by atoms with E-state index in [0.717, 1.165) is 61.5 Å². The average Bonchev–Trinajstić information content (AvgIpc) is 3.00. The summed E-state index contributed by atoms with van der Waals surface area (Å²) in [5.41, 5.74) is 1.53. The first kappa shape index (κ1) is 16.1. The Balaban J connectivity index is 1.88. The highest BCUT2D eigenvalue weighted by Gasteiger charge is 2.24. The number of thiophene rings is 1. The molecule has 24 heavy (non-hydrogen) atoms. The molecule has 0 atom stereocenters. The van der Waals surface area contributed by atoms with Gasteiger partial charge in [-0.25, -0.2) is 4.98 Å². The van der Waals surface area contributed by atoms with E-state index < -0.39 is 0 Å². The number of piperidine rings is 1. The number of aryl methyl sites for hydroxylation is 2. The minimum atomic E-state index is 0.216. The van der Waals surface area contributed by atoms with Crippen LogP contribution in [0.5, 0.6) is 0 Å². The topological polar surface area (TPSA) is 38.1 Å². The van der Waals surface area contributed by atoms with E-state index in [4.69, 9.17) is 4.98 Å². The first-order chi connectivity index (χ1) is 11.8. The first-order valence-electron chi connectivity index (χ1n) is 9.59. The number of rotatable bonds is 4. The van der Waals surface area contributed by atoms with Gasteiger partial charge < -0.3 is 4.90 Å². The summed E-state index contributed by atoms with van der Waals surface area (Å²) in [6, 6.07) is 0. The Morgan fingerprint density at radius 2 is 1.88 bits per heavy atom. The molecule has 2 aliphatic rings. The number of fused-ring (bicyclic) bond motifs is 3. The summed E-state index contributed by atoms with van der Waals surface area (Å²) in [6.07, 6.45) is 10.5.